The van der Waals surface area contributed by atoms with Crippen molar-refractivity contribution in [3.8, 4) is 0 Å². The summed E-state index contributed by atoms with van der Waals surface area (Å²) in [6, 6.07) is 7.07. The van der Waals surface area contributed by atoms with Crippen molar-refractivity contribution in [3.05, 3.63) is 24.3 Å². The standard InChI is InChI=1S/C19H29N3O3.ClH/c1-6-25-15-11-19(20,18(15,4)5)17(24)22-14-9-7-8-13(10-14)21-16(23)12(2)3;/h7-10,12,15H,6,11,20H2,1-5H3,(H,21,23)(H,22,24);1H. The first-order chi connectivity index (χ1) is 11.6. The van der Waals surface area contributed by atoms with Crippen molar-refractivity contribution in [2.75, 3.05) is 17.2 Å². The van der Waals surface area contributed by atoms with Crippen LogP contribution in [-0.2, 0) is 14.3 Å². The van der Waals surface area contributed by atoms with E-state index in [0.29, 0.717) is 24.4 Å². The fourth-order valence-electron chi connectivity index (χ4n) is 3.02. The van der Waals surface area contributed by atoms with E-state index in [1.807, 2.05) is 34.6 Å². The molecule has 7 heteroatoms. The minimum atomic E-state index is -0.982. The van der Waals surface area contributed by atoms with Crippen molar-refractivity contribution in [1.29, 1.82) is 0 Å². The van der Waals surface area contributed by atoms with Gasteiger partial charge in [0.1, 0.15) is 5.54 Å². The molecule has 2 rings (SSSR count). The number of hydrogen-bond acceptors (Lipinski definition) is 4. The summed E-state index contributed by atoms with van der Waals surface area (Å²) in [5, 5.41) is 5.69. The molecule has 26 heavy (non-hydrogen) atoms. The van der Waals surface area contributed by atoms with Gasteiger partial charge in [-0.05, 0) is 25.1 Å². The van der Waals surface area contributed by atoms with Gasteiger partial charge in [0.15, 0.2) is 0 Å². The van der Waals surface area contributed by atoms with E-state index in [-0.39, 0.29) is 36.2 Å². The predicted octanol–water partition coefficient (Wildman–Crippen LogP) is 3.17. The average molecular weight is 384 g/mol. The Hall–Kier alpha value is -1.63. The molecule has 0 saturated heterocycles. The van der Waals surface area contributed by atoms with E-state index in [0.717, 1.165) is 0 Å². The quantitative estimate of drug-likeness (QED) is 0.703. The second-order valence-corrected chi connectivity index (χ2v) is 7.52. The van der Waals surface area contributed by atoms with Gasteiger partial charge in [-0.3, -0.25) is 9.59 Å². The molecule has 2 unspecified atom stereocenters. The van der Waals surface area contributed by atoms with Crippen LogP contribution in [0.15, 0.2) is 24.3 Å². The number of halogens is 1. The Kier molecular flexibility index (Phi) is 7.22. The second kappa shape index (κ2) is 8.37. The molecule has 0 aliphatic heterocycles. The molecule has 6 nitrogen and oxygen atoms in total. The molecule has 1 saturated carbocycles. The first-order valence-corrected chi connectivity index (χ1v) is 8.74. The minimum absolute atomic E-state index is 0. The maximum atomic E-state index is 12.7. The number of nitrogens with two attached hydrogens (primary N) is 1. The van der Waals surface area contributed by atoms with Crippen LogP contribution in [0.2, 0.25) is 0 Å². The van der Waals surface area contributed by atoms with Crippen LogP contribution in [0, 0.1) is 11.3 Å². The van der Waals surface area contributed by atoms with Crippen LogP contribution in [-0.4, -0.2) is 30.1 Å². The lowest BCUT2D eigenvalue weighted by Gasteiger charge is -2.57. The maximum Gasteiger partial charge on any atom is 0.245 e. The number of nitrogens with one attached hydrogen (secondary N) is 2. The molecule has 1 aromatic carbocycles. The molecule has 0 radical (unpaired) electrons. The van der Waals surface area contributed by atoms with Crippen LogP contribution in [0.3, 0.4) is 0 Å². The van der Waals surface area contributed by atoms with Crippen molar-refractivity contribution in [3.63, 3.8) is 0 Å². The summed E-state index contributed by atoms with van der Waals surface area (Å²) < 4.78 is 5.67. The first-order valence-electron chi connectivity index (χ1n) is 8.74. The largest absolute Gasteiger partial charge is 0.378 e. The summed E-state index contributed by atoms with van der Waals surface area (Å²) >= 11 is 0. The zero-order chi connectivity index (χ0) is 18.8. The number of anilines is 2. The van der Waals surface area contributed by atoms with Crippen molar-refractivity contribution >= 4 is 35.6 Å². The van der Waals surface area contributed by atoms with Crippen molar-refractivity contribution in [1.82, 2.24) is 0 Å². The highest BCUT2D eigenvalue weighted by Crippen LogP contribution is 2.50. The van der Waals surface area contributed by atoms with Crippen LogP contribution in [0.4, 0.5) is 11.4 Å². The third kappa shape index (κ3) is 4.19. The number of benzene rings is 1. The van der Waals surface area contributed by atoms with Gasteiger partial charge in [0.05, 0.1) is 6.10 Å². The molecule has 0 bridgehead atoms. The number of hydrogen-bond donors (Lipinski definition) is 3. The summed E-state index contributed by atoms with van der Waals surface area (Å²) in [5.41, 5.74) is 6.20. The van der Waals surface area contributed by atoms with Gasteiger partial charge in [0.2, 0.25) is 11.8 Å². The van der Waals surface area contributed by atoms with Crippen molar-refractivity contribution < 1.29 is 14.3 Å². The number of carbonyl (C=O) groups excluding carboxylic acids is 2. The van der Waals surface area contributed by atoms with E-state index in [2.05, 4.69) is 10.6 Å². The molecule has 2 atom stereocenters. The lowest BCUT2D eigenvalue weighted by molar-refractivity contribution is -0.166. The van der Waals surface area contributed by atoms with E-state index in [1.54, 1.807) is 24.3 Å². The zero-order valence-corrected chi connectivity index (χ0v) is 16.9. The molecular formula is C19H30ClN3O3. The second-order valence-electron chi connectivity index (χ2n) is 7.52. The first kappa shape index (κ1) is 22.4. The molecule has 0 aromatic heterocycles. The highest BCUT2D eigenvalue weighted by Gasteiger charge is 2.62. The Labute approximate surface area is 161 Å². The molecular weight excluding hydrogens is 354 g/mol. The topological polar surface area (TPSA) is 93.4 Å². The predicted molar refractivity (Wildman–Crippen MR) is 107 cm³/mol. The van der Waals surface area contributed by atoms with Crippen LogP contribution in [0.25, 0.3) is 0 Å². The number of ether oxygens (including phenoxy) is 1. The monoisotopic (exact) mass is 383 g/mol. The maximum absolute atomic E-state index is 12.7. The summed E-state index contributed by atoms with van der Waals surface area (Å²) in [6.07, 6.45) is 0.466. The Balaban J connectivity index is 0.00000338. The molecule has 146 valence electrons. The molecule has 1 aliphatic carbocycles. The van der Waals surface area contributed by atoms with Gasteiger partial charge < -0.3 is 21.1 Å². The van der Waals surface area contributed by atoms with Crippen LogP contribution in [0.5, 0.6) is 0 Å². The number of amides is 2. The summed E-state index contributed by atoms with van der Waals surface area (Å²) in [7, 11) is 0. The Morgan fingerprint density at radius 2 is 1.85 bits per heavy atom. The molecule has 0 spiro atoms. The smallest absolute Gasteiger partial charge is 0.245 e. The number of carbonyl (C=O) groups is 2. The van der Waals surface area contributed by atoms with E-state index >= 15 is 0 Å². The van der Waals surface area contributed by atoms with Crippen LogP contribution in [0.1, 0.15) is 41.0 Å². The van der Waals surface area contributed by atoms with Gasteiger partial charge in [-0.25, -0.2) is 0 Å². The molecule has 2 amide bonds. The molecule has 1 fully saturated rings. The molecule has 1 aliphatic rings. The zero-order valence-electron chi connectivity index (χ0n) is 16.1. The highest BCUT2D eigenvalue weighted by atomic mass is 35.5. The van der Waals surface area contributed by atoms with Gasteiger partial charge in [0, 0.05) is 35.7 Å². The lowest BCUT2D eigenvalue weighted by Crippen LogP contribution is -2.74. The molecule has 1 aromatic rings. The number of rotatable bonds is 6. The summed E-state index contributed by atoms with van der Waals surface area (Å²) in [6.45, 7) is 10.1. The fourth-order valence-corrected chi connectivity index (χ4v) is 3.02. The Morgan fingerprint density at radius 1 is 1.27 bits per heavy atom. The highest BCUT2D eigenvalue weighted by molar-refractivity contribution is 6.00. The average Bonchev–Trinajstić information content (AvgIpc) is 2.54. The van der Waals surface area contributed by atoms with Crippen molar-refractivity contribution in [2.45, 2.75) is 52.7 Å². The minimum Gasteiger partial charge on any atom is -0.378 e. The normalized spacial score (nSPS) is 23.6. The van der Waals surface area contributed by atoms with E-state index < -0.39 is 11.0 Å². The van der Waals surface area contributed by atoms with Crippen molar-refractivity contribution in [2.24, 2.45) is 17.1 Å². The van der Waals surface area contributed by atoms with E-state index in [1.165, 1.54) is 0 Å². The van der Waals surface area contributed by atoms with Crippen LogP contribution >= 0.6 is 12.4 Å². The Bertz CT molecular complexity index is 663. The van der Waals surface area contributed by atoms with Gasteiger partial charge in [-0.15, -0.1) is 12.4 Å². The summed E-state index contributed by atoms with van der Waals surface area (Å²) in [5.74, 6) is -0.420. The molecule has 0 heterocycles. The lowest BCUT2D eigenvalue weighted by atomic mass is 9.54. The third-order valence-corrected chi connectivity index (χ3v) is 5.15. The van der Waals surface area contributed by atoms with E-state index in [9.17, 15) is 9.59 Å². The van der Waals surface area contributed by atoms with Gasteiger partial charge >= 0.3 is 0 Å². The summed E-state index contributed by atoms with van der Waals surface area (Å²) in [4.78, 5) is 24.6. The molecule has 4 N–H and O–H groups in total. The van der Waals surface area contributed by atoms with Crippen LogP contribution < -0.4 is 16.4 Å². The fraction of sp³-hybridized carbons (Fsp3) is 0.579. The Morgan fingerprint density at radius 3 is 2.35 bits per heavy atom. The van der Waals surface area contributed by atoms with E-state index in [4.69, 9.17) is 10.5 Å². The van der Waals surface area contributed by atoms with Gasteiger partial charge in [0.25, 0.3) is 0 Å². The van der Waals surface area contributed by atoms with Gasteiger partial charge in [-0.2, -0.15) is 0 Å². The third-order valence-electron chi connectivity index (χ3n) is 5.15. The SMILES string of the molecule is CCOC1CC(N)(C(=O)Nc2cccc(NC(=O)C(C)C)c2)C1(C)C.Cl. The van der Waals surface area contributed by atoms with Gasteiger partial charge in [-0.1, -0.05) is 33.8 Å².